The number of aromatic nitrogens is 2. The maximum absolute atomic E-state index is 13.1. The molecular formula is C20H18Cl2N4O3. The van der Waals surface area contributed by atoms with Gasteiger partial charge in [-0.1, -0.05) is 36.5 Å². The largest absolute Gasteiger partial charge is 0.294 e. The third-order valence-electron chi connectivity index (χ3n) is 4.29. The molecule has 0 saturated heterocycles. The Morgan fingerprint density at radius 1 is 1.17 bits per heavy atom. The van der Waals surface area contributed by atoms with E-state index < -0.39 is 4.92 Å². The molecule has 0 amide bonds. The summed E-state index contributed by atoms with van der Waals surface area (Å²) in [6.45, 7) is 3.76. The van der Waals surface area contributed by atoms with Gasteiger partial charge in [-0.05, 0) is 43.7 Å². The third-order valence-corrected chi connectivity index (χ3v) is 4.73. The van der Waals surface area contributed by atoms with Crippen LogP contribution in [0.5, 0.6) is 0 Å². The Hall–Kier alpha value is -2.90. The van der Waals surface area contributed by atoms with Gasteiger partial charge in [0.25, 0.3) is 11.2 Å². The minimum atomic E-state index is -0.484. The normalized spacial score (nSPS) is 11.7. The van der Waals surface area contributed by atoms with Crippen LogP contribution in [0.3, 0.4) is 0 Å². The molecule has 0 unspecified atom stereocenters. The Labute approximate surface area is 176 Å². The molecule has 9 heteroatoms. The number of H-pyrrole nitrogens is 1. The Balaban J connectivity index is 2.09. The summed E-state index contributed by atoms with van der Waals surface area (Å²) in [5, 5.41) is 14.9. The molecule has 3 rings (SSSR count). The second kappa shape index (κ2) is 8.63. The summed E-state index contributed by atoms with van der Waals surface area (Å²) >= 11 is 12.1. The van der Waals surface area contributed by atoms with E-state index in [2.05, 4.69) is 10.1 Å². The van der Waals surface area contributed by atoms with E-state index in [-0.39, 0.29) is 11.2 Å². The number of hydrogen-bond donors (Lipinski definition) is 1. The fourth-order valence-corrected chi connectivity index (χ4v) is 3.56. The van der Waals surface area contributed by atoms with E-state index >= 15 is 0 Å². The molecule has 7 nitrogen and oxygen atoms in total. The van der Waals surface area contributed by atoms with Crippen molar-refractivity contribution in [2.24, 2.45) is 4.99 Å². The monoisotopic (exact) mass is 432 g/mol. The van der Waals surface area contributed by atoms with Crippen LogP contribution < -0.4 is 5.56 Å². The molecule has 2 aromatic carbocycles. The van der Waals surface area contributed by atoms with Crippen LogP contribution in [0.15, 0.2) is 52.3 Å². The minimum Gasteiger partial charge on any atom is -0.294 e. The summed E-state index contributed by atoms with van der Waals surface area (Å²) in [5.74, 6) is 0. The first-order chi connectivity index (χ1) is 13.8. The van der Waals surface area contributed by atoms with E-state index in [0.29, 0.717) is 39.1 Å². The molecule has 0 bridgehead atoms. The summed E-state index contributed by atoms with van der Waals surface area (Å²) in [5.41, 5.74) is 2.45. The molecule has 0 saturated carbocycles. The van der Waals surface area contributed by atoms with Crippen molar-refractivity contribution in [2.45, 2.75) is 26.7 Å². The smallest absolute Gasteiger partial charge is 0.280 e. The van der Waals surface area contributed by atoms with E-state index in [0.717, 1.165) is 12.1 Å². The molecule has 1 heterocycles. The van der Waals surface area contributed by atoms with Crippen molar-refractivity contribution >= 4 is 40.3 Å². The molecule has 0 spiro atoms. The Bertz CT molecular complexity index is 1130. The van der Waals surface area contributed by atoms with E-state index in [1.165, 1.54) is 28.9 Å². The van der Waals surface area contributed by atoms with Crippen molar-refractivity contribution in [1.29, 1.82) is 0 Å². The molecular weight excluding hydrogens is 415 g/mol. The van der Waals surface area contributed by atoms with Crippen LogP contribution in [0, 0.1) is 10.1 Å². The van der Waals surface area contributed by atoms with Gasteiger partial charge in [0.15, 0.2) is 0 Å². The first kappa shape index (κ1) is 20.8. The molecule has 0 atom stereocenters. The lowest BCUT2D eigenvalue weighted by Crippen LogP contribution is -2.19. The number of nitrogens with one attached hydrogen (secondary N) is 1. The Morgan fingerprint density at radius 3 is 2.34 bits per heavy atom. The highest BCUT2D eigenvalue weighted by Gasteiger charge is 2.18. The van der Waals surface area contributed by atoms with Gasteiger partial charge in [-0.25, -0.2) is 4.68 Å². The lowest BCUT2D eigenvalue weighted by Gasteiger charge is -2.02. The summed E-state index contributed by atoms with van der Waals surface area (Å²) < 4.78 is 1.37. The first-order valence-corrected chi connectivity index (χ1v) is 9.66. The number of rotatable bonds is 6. The molecule has 1 N–H and O–H groups in total. The van der Waals surface area contributed by atoms with Gasteiger partial charge < -0.3 is 0 Å². The second-order valence-corrected chi connectivity index (χ2v) is 7.33. The van der Waals surface area contributed by atoms with Crippen LogP contribution in [0.4, 0.5) is 11.4 Å². The highest BCUT2D eigenvalue weighted by Crippen LogP contribution is 2.25. The highest BCUT2D eigenvalue weighted by molar-refractivity contribution is 6.35. The SMILES string of the molecule is CCCc1[nH]n(-c2ccc([N+](=O)[O-])cc2)c(=O)c1C(C)=Nc1cc(Cl)cc(Cl)c1. The van der Waals surface area contributed by atoms with Crippen LogP contribution in [-0.2, 0) is 6.42 Å². The predicted molar refractivity (Wildman–Crippen MR) is 115 cm³/mol. The van der Waals surface area contributed by atoms with Crippen molar-refractivity contribution in [2.75, 3.05) is 0 Å². The van der Waals surface area contributed by atoms with E-state index in [9.17, 15) is 14.9 Å². The number of benzene rings is 2. The highest BCUT2D eigenvalue weighted by atomic mass is 35.5. The maximum Gasteiger partial charge on any atom is 0.280 e. The van der Waals surface area contributed by atoms with Gasteiger partial charge in [0, 0.05) is 27.9 Å². The molecule has 0 aliphatic rings. The number of halogens is 2. The van der Waals surface area contributed by atoms with Gasteiger partial charge in [0.05, 0.1) is 27.6 Å². The molecule has 29 heavy (non-hydrogen) atoms. The number of aromatic amines is 1. The predicted octanol–water partition coefficient (Wildman–Crippen LogP) is 5.47. The van der Waals surface area contributed by atoms with Crippen LogP contribution in [0.25, 0.3) is 5.69 Å². The summed E-state index contributed by atoms with van der Waals surface area (Å²) in [6, 6.07) is 10.7. The van der Waals surface area contributed by atoms with Gasteiger partial charge in [-0.3, -0.25) is 25.0 Å². The molecule has 0 aliphatic carbocycles. The molecule has 150 valence electrons. The fourth-order valence-electron chi connectivity index (χ4n) is 3.05. The van der Waals surface area contributed by atoms with Crippen LogP contribution in [0.2, 0.25) is 10.0 Å². The lowest BCUT2D eigenvalue weighted by atomic mass is 10.1. The van der Waals surface area contributed by atoms with Crippen LogP contribution in [0.1, 0.15) is 31.5 Å². The molecule has 0 aliphatic heterocycles. The van der Waals surface area contributed by atoms with E-state index in [1.807, 2.05) is 6.92 Å². The standard InChI is InChI=1S/C20H18Cl2N4O3/c1-3-4-18-19(12(2)23-15-10-13(21)9-14(22)11-15)20(27)25(24-18)16-5-7-17(8-6-16)26(28)29/h5-11,24H,3-4H2,1-2H3. The zero-order valence-electron chi connectivity index (χ0n) is 15.8. The first-order valence-electron chi connectivity index (χ1n) is 8.90. The maximum atomic E-state index is 13.1. The van der Waals surface area contributed by atoms with Gasteiger partial charge in [0.1, 0.15) is 0 Å². The average Bonchev–Trinajstić information content (AvgIpc) is 2.97. The van der Waals surface area contributed by atoms with Crippen molar-refractivity contribution in [3.8, 4) is 5.69 Å². The molecule has 0 fully saturated rings. The zero-order chi connectivity index (χ0) is 21.1. The van der Waals surface area contributed by atoms with Gasteiger partial charge in [-0.2, -0.15) is 0 Å². The Morgan fingerprint density at radius 2 is 1.79 bits per heavy atom. The number of nitro groups is 1. The van der Waals surface area contributed by atoms with Crippen molar-refractivity contribution < 1.29 is 4.92 Å². The molecule has 0 radical (unpaired) electrons. The number of non-ortho nitro benzene ring substituents is 1. The number of aryl methyl sites for hydroxylation is 1. The van der Waals surface area contributed by atoms with Crippen molar-refractivity contribution in [3.05, 3.63) is 84.2 Å². The molecule has 3 aromatic rings. The summed E-state index contributed by atoms with van der Waals surface area (Å²) in [6.07, 6.45) is 1.47. The minimum absolute atomic E-state index is 0.0436. The second-order valence-electron chi connectivity index (χ2n) is 6.45. The van der Waals surface area contributed by atoms with Gasteiger partial charge >= 0.3 is 0 Å². The number of hydrogen-bond acceptors (Lipinski definition) is 4. The topological polar surface area (TPSA) is 93.3 Å². The van der Waals surface area contributed by atoms with Crippen molar-refractivity contribution in [1.82, 2.24) is 9.78 Å². The van der Waals surface area contributed by atoms with E-state index in [1.54, 1.807) is 25.1 Å². The number of nitro benzene ring substituents is 1. The van der Waals surface area contributed by atoms with Gasteiger partial charge in [0.2, 0.25) is 0 Å². The van der Waals surface area contributed by atoms with Crippen LogP contribution >= 0.6 is 23.2 Å². The Kier molecular flexibility index (Phi) is 6.20. The molecule has 1 aromatic heterocycles. The average molecular weight is 433 g/mol. The fraction of sp³-hybridized carbons (Fsp3) is 0.200. The zero-order valence-corrected chi connectivity index (χ0v) is 17.3. The summed E-state index contributed by atoms with van der Waals surface area (Å²) in [7, 11) is 0. The van der Waals surface area contributed by atoms with Gasteiger partial charge in [-0.15, -0.1) is 0 Å². The lowest BCUT2D eigenvalue weighted by molar-refractivity contribution is -0.384. The summed E-state index contributed by atoms with van der Waals surface area (Å²) in [4.78, 5) is 28.0. The quantitative estimate of drug-likeness (QED) is 0.317. The van der Waals surface area contributed by atoms with E-state index in [4.69, 9.17) is 23.2 Å². The number of aliphatic imine (C=N–C) groups is 1. The van der Waals surface area contributed by atoms with Crippen LogP contribution in [-0.4, -0.2) is 20.4 Å². The number of nitrogens with zero attached hydrogens (tertiary/aromatic N) is 3. The third kappa shape index (κ3) is 4.58. The van der Waals surface area contributed by atoms with Crippen molar-refractivity contribution in [3.63, 3.8) is 0 Å².